The van der Waals surface area contributed by atoms with Crippen LogP contribution in [-0.2, 0) is 4.79 Å². The monoisotopic (exact) mass is 300 g/mol. The van der Waals surface area contributed by atoms with Gasteiger partial charge in [-0.1, -0.05) is 19.3 Å². The molecule has 22 heavy (non-hydrogen) atoms. The lowest BCUT2D eigenvalue weighted by molar-refractivity contribution is -0.117. The topological polar surface area (TPSA) is 40.6 Å². The van der Waals surface area contributed by atoms with Crippen LogP contribution in [0.25, 0.3) is 0 Å². The third kappa shape index (κ3) is 3.32. The fraction of sp³-hybridized carbons (Fsp3) is 0.556. The molecule has 118 valence electrons. The number of likely N-dealkylation sites (tertiary alicyclic amines) is 1. The summed E-state index contributed by atoms with van der Waals surface area (Å²) in [4.78, 5) is 28.2. The zero-order valence-electron chi connectivity index (χ0n) is 13.1. The summed E-state index contributed by atoms with van der Waals surface area (Å²) < 4.78 is 0. The molecule has 0 radical (unpaired) electrons. The summed E-state index contributed by atoms with van der Waals surface area (Å²) >= 11 is 0. The summed E-state index contributed by atoms with van der Waals surface area (Å²) in [6.45, 7) is 2.52. The van der Waals surface area contributed by atoms with Crippen molar-refractivity contribution in [1.29, 1.82) is 0 Å². The Hall–Kier alpha value is -1.84. The van der Waals surface area contributed by atoms with Crippen molar-refractivity contribution in [2.75, 3.05) is 24.5 Å². The van der Waals surface area contributed by atoms with Crippen LogP contribution in [0.1, 0.15) is 55.3 Å². The molecule has 0 bridgehead atoms. The highest BCUT2D eigenvalue weighted by atomic mass is 16.2. The molecule has 2 heterocycles. The molecule has 0 aromatic heterocycles. The summed E-state index contributed by atoms with van der Waals surface area (Å²) in [7, 11) is 0. The molecule has 1 aromatic rings. The molecule has 1 aromatic carbocycles. The summed E-state index contributed by atoms with van der Waals surface area (Å²) in [5.74, 6) is 0.309. The number of hydrogen-bond donors (Lipinski definition) is 0. The fourth-order valence-corrected chi connectivity index (χ4v) is 3.34. The Kier molecular flexibility index (Phi) is 4.76. The molecule has 0 atom stereocenters. The van der Waals surface area contributed by atoms with Gasteiger partial charge >= 0.3 is 0 Å². The van der Waals surface area contributed by atoms with Crippen molar-refractivity contribution in [1.82, 2.24) is 4.90 Å². The molecule has 4 heteroatoms. The molecule has 0 unspecified atom stereocenters. The van der Waals surface area contributed by atoms with Gasteiger partial charge in [-0.05, 0) is 43.5 Å². The summed E-state index contributed by atoms with van der Waals surface area (Å²) in [5.41, 5.74) is 1.64. The standard InChI is InChI=1S/C18H24N2O2/c21-17-7-6-14-20(17)16-10-8-15(9-11-16)18(22)19-12-4-2-1-3-5-13-19/h8-11H,1-7,12-14H2. The van der Waals surface area contributed by atoms with Crippen molar-refractivity contribution < 1.29 is 9.59 Å². The minimum Gasteiger partial charge on any atom is -0.339 e. The van der Waals surface area contributed by atoms with Crippen molar-refractivity contribution in [2.24, 2.45) is 0 Å². The van der Waals surface area contributed by atoms with Crippen LogP contribution < -0.4 is 4.90 Å². The summed E-state index contributed by atoms with van der Waals surface area (Å²) in [6.07, 6.45) is 7.50. The van der Waals surface area contributed by atoms with Crippen LogP contribution in [0, 0.1) is 0 Å². The minimum atomic E-state index is 0.126. The third-order valence-electron chi connectivity index (χ3n) is 4.64. The first-order chi connectivity index (χ1) is 10.8. The van der Waals surface area contributed by atoms with Crippen LogP contribution in [0.3, 0.4) is 0 Å². The summed E-state index contributed by atoms with van der Waals surface area (Å²) in [6, 6.07) is 7.53. The number of carbonyl (C=O) groups is 2. The normalized spacial score (nSPS) is 19.9. The number of anilines is 1. The van der Waals surface area contributed by atoms with Crippen molar-refractivity contribution in [2.45, 2.75) is 44.9 Å². The fourth-order valence-electron chi connectivity index (χ4n) is 3.34. The molecular weight excluding hydrogens is 276 g/mol. The van der Waals surface area contributed by atoms with Gasteiger partial charge in [-0.15, -0.1) is 0 Å². The van der Waals surface area contributed by atoms with Gasteiger partial charge in [0.15, 0.2) is 0 Å². The van der Waals surface area contributed by atoms with Crippen LogP contribution in [0.5, 0.6) is 0 Å². The first kappa shape index (κ1) is 15.1. The quantitative estimate of drug-likeness (QED) is 0.841. The minimum absolute atomic E-state index is 0.126. The Balaban J connectivity index is 1.68. The van der Waals surface area contributed by atoms with E-state index in [1.807, 2.05) is 34.1 Å². The maximum atomic E-state index is 12.6. The molecule has 0 N–H and O–H groups in total. The first-order valence-corrected chi connectivity index (χ1v) is 8.45. The van der Waals surface area contributed by atoms with Gasteiger partial charge in [0.2, 0.25) is 5.91 Å². The van der Waals surface area contributed by atoms with E-state index in [0.717, 1.165) is 50.1 Å². The second kappa shape index (κ2) is 6.95. The van der Waals surface area contributed by atoms with Crippen LogP contribution in [-0.4, -0.2) is 36.3 Å². The predicted octanol–water partition coefficient (Wildman–Crippen LogP) is 3.22. The second-order valence-corrected chi connectivity index (χ2v) is 6.26. The van der Waals surface area contributed by atoms with E-state index in [2.05, 4.69) is 0 Å². The van der Waals surface area contributed by atoms with E-state index in [4.69, 9.17) is 0 Å². The molecule has 2 aliphatic rings. The van der Waals surface area contributed by atoms with Gasteiger partial charge in [-0.3, -0.25) is 9.59 Å². The highest BCUT2D eigenvalue weighted by Gasteiger charge is 2.22. The predicted molar refractivity (Wildman–Crippen MR) is 87.0 cm³/mol. The van der Waals surface area contributed by atoms with Crippen LogP contribution in [0.4, 0.5) is 5.69 Å². The third-order valence-corrected chi connectivity index (χ3v) is 4.64. The average Bonchev–Trinajstić information content (AvgIpc) is 2.93. The average molecular weight is 300 g/mol. The van der Waals surface area contributed by atoms with Crippen molar-refractivity contribution in [3.8, 4) is 0 Å². The van der Waals surface area contributed by atoms with Gasteiger partial charge in [0.05, 0.1) is 0 Å². The Morgan fingerprint density at radius 2 is 1.45 bits per heavy atom. The highest BCUT2D eigenvalue weighted by Crippen LogP contribution is 2.22. The van der Waals surface area contributed by atoms with E-state index in [9.17, 15) is 9.59 Å². The molecule has 2 fully saturated rings. The first-order valence-electron chi connectivity index (χ1n) is 8.45. The number of carbonyl (C=O) groups excluding carboxylic acids is 2. The Morgan fingerprint density at radius 3 is 2.05 bits per heavy atom. The Bertz CT molecular complexity index is 531. The lowest BCUT2D eigenvalue weighted by Crippen LogP contribution is -2.33. The molecule has 0 aliphatic carbocycles. The van der Waals surface area contributed by atoms with E-state index in [1.165, 1.54) is 19.3 Å². The molecule has 4 nitrogen and oxygen atoms in total. The molecule has 2 saturated heterocycles. The lowest BCUT2D eigenvalue weighted by Gasteiger charge is -2.25. The molecule has 3 rings (SSSR count). The van der Waals surface area contributed by atoms with Gasteiger partial charge in [0, 0.05) is 37.3 Å². The maximum absolute atomic E-state index is 12.6. The van der Waals surface area contributed by atoms with Crippen molar-refractivity contribution >= 4 is 17.5 Å². The molecule has 0 saturated carbocycles. The maximum Gasteiger partial charge on any atom is 0.253 e. The largest absolute Gasteiger partial charge is 0.339 e. The number of nitrogens with zero attached hydrogens (tertiary/aromatic N) is 2. The number of hydrogen-bond acceptors (Lipinski definition) is 2. The summed E-state index contributed by atoms with van der Waals surface area (Å²) in [5, 5.41) is 0. The molecule has 2 amide bonds. The van der Waals surface area contributed by atoms with Crippen LogP contribution in [0.15, 0.2) is 24.3 Å². The van der Waals surface area contributed by atoms with Crippen molar-refractivity contribution in [3.63, 3.8) is 0 Å². The van der Waals surface area contributed by atoms with Gasteiger partial charge < -0.3 is 9.80 Å². The van der Waals surface area contributed by atoms with Gasteiger partial charge in [-0.2, -0.15) is 0 Å². The van der Waals surface area contributed by atoms with Crippen LogP contribution >= 0.6 is 0 Å². The number of benzene rings is 1. The molecule has 0 spiro atoms. The Labute approximate surface area is 132 Å². The second-order valence-electron chi connectivity index (χ2n) is 6.26. The van der Waals surface area contributed by atoms with Gasteiger partial charge in [0.1, 0.15) is 0 Å². The van der Waals surface area contributed by atoms with Crippen molar-refractivity contribution in [3.05, 3.63) is 29.8 Å². The zero-order chi connectivity index (χ0) is 15.4. The SMILES string of the molecule is O=C(c1ccc(N2CCCC2=O)cc1)N1CCCCCCC1. The molecular formula is C18H24N2O2. The molecule has 2 aliphatic heterocycles. The number of rotatable bonds is 2. The zero-order valence-corrected chi connectivity index (χ0v) is 13.1. The van der Waals surface area contributed by atoms with E-state index in [0.29, 0.717) is 6.42 Å². The lowest BCUT2D eigenvalue weighted by atomic mass is 10.1. The van der Waals surface area contributed by atoms with E-state index >= 15 is 0 Å². The van der Waals surface area contributed by atoms with E-state index < -0.39 is 0 Å². The van der Waals surface area contributed by atoms with E-state index in [1.54, 1.807) is 0 Å². The highest BCUT2D eigenvalue weighted by molar-refractivity contribution is 5.97. The number of amides is 2. The van der Waals surface area contributed by atoms with Crippen LogP contribution in [0.2, 0.25) is 0 Å². The van der Waals surface area contributed by atoms with Gasteiger partial charge in [-0.25, -0.2) is 0 Å². The van der Waals surface area contributed by atoms with E-state index in [-0.39, 0.29) is 11.8 Å². The Morgan fingerprint density at radius 1 is 0.818 bits per heavy atom. The smallest absolute Gasteiger partial charge is 0.253 e. The van der Waals surface area contributed by atoms with Gasteiger partial charge in [0.25, 0.3) is 5.91 Å².